The van der Waals surface area contributed by atoms with Crippen LogP contribution in [-0.2, 0) is 0 Å². The molecule has 1 heteroatoms. The van der Waals surface area contributed by atoms with E-state index < -0.39 is 0 Å². The molecule has 1 saturated heterocycles. The molecule has 0 aromatic heterocycles. The summed E-state index contributed by atoms with van der Waals surface area (Å²) in [5.74, 6) is 0. The molecule has 12 heavy (non-hydrogen) atoms. The molecule has 0 aliphatic carbocycles. The molecule has 1 aliphatic heterocycles. The standard InChI is InChI=1S/C11H23N/c1-6-11(5)7-8-12(9-11)10(2,3)4/h6-9H2,1-5H3/t11-/m0/s1. The van der Waals surface area contributed by atoms with E-state index in [1.807, 2.05) is 0 Å². The Morgan fingerprint density at radius 3 is 2.17 bits per heavy atom. The van der Waals surface area contributed by atoms with Crippen molar-refractivity contribution in [2.75, 3.05) is 13.1 Å². The third kappa shape index (κ3) is 2.01. The highest BCUT2D eigenvalue weighted by molar-refractivity contribution is 4.90. The molecule has 0 saturated carbocycles. The van der Waals surface area contributed by atoms with Gasteiger partial charge in [0.15, 0.2) is 0 Å². The van der Waals surface area contributed by atoms with Crippen molar-refractivity contribution >= 4 is 0 Å². The van der Waals surface area contributed by atoms with Crippen LogP contribution in [0.2, 0.25) is 0 Å². The van der Waals surface area contributed by atoms with Crippen molar-refractivity contribution < 1.29 is 0 Å². The third-order valence-electron chi connectivity index (χ3n) is 3.36. The minimum atomic E-state index is 0.368. The zero-order chi connectivity index (χ0) is 9.41. The Labute approximate surface area is 77.1 Å². The zero-order valence-electron chi connectivity index (χ0n) is 9.28. The van der Waals surface area contributed by atoms with E-state index in [1.165, 1.54) is 25.9 Å². The van der Waals surface area contributed by atoms with E-state index in [0.29, 0.717) is 11.0 Å². The second-order valence-electron chi connectivity index (χ2n) is 5.51. The predicted octanol–water partition coefficient (Wildman–Crippen LogP) is 2.91. The van der Waals surface area contributed by atoms with Crippen molar-refractivity contribution in [2.45, 2.75) is 53.0 Å². The van der Waals surface area contributed by atoms with E-state index >= 15 is 0 Å². The fourth-order valence-electron chi connectivity index (χ4n) is 1.88. The summed E-state index contributed by atoms with van der Waals surface area (Å²) in [4.78, 5) is 2.61. The van der Waals surface area contributed by atoms with Gasteiger partial charge in [0.2, 0.25) is 0 Å². The second kappa shape index (κ2) is 3.02. The van der Waals surface area contributed by atoms with Gasteiger partial charge in [-0.05, 0) is 45.6 Å². The van der Waals surface area contributed by atoms with Gasteiger partial charge in [-0.25, -0.2) is 0 Å². The number of hydrogen-bond donors (Lipinski definition) is 0. The fraction of sp³-hybridized carbons (Fsp3) is 1.00. The lowest BCUT2D eigenvalue weighted by Crippen LogP contribution is -2.40. The quantitative estimate of drug-likeness (QED) is 0.583. The first-order valence-electron chi connectivity index (χ1n) is 5.12. The predicted molar refractivity (Wildman–Crippen MR) is 54.3 cm³/mol. The highest BCUT2D eigenvalue weighted by Crippen LogP contribution is 2.36. The van der Waals surface area contributed by atoms with E-state index in [4.69, 9.17) is 0 Å². The molecule has 0 aromatic carbocycles. The fourth-order valence-corrected chi connectivity index (χ4v) is 1.88. The molecule has 72 valence electrons. The Morgan fingerprint density at radius 2 is 1.92 bits per heavy atom. The summed E-state index contributed by atoms with van der Waals surface area (Å²) < 4.78 is 0. The minimum Gasteiger partial charge on any atom is -0.298 e. The number of likely N-dealkylation sites (tertiary alicyclic amines) is 1. The Bertz CT molecular complexity index is 157. The van der Waals surface area contributed by atoms with Crippen molar-refractivity contribution in [3.8, 4) is 0 Å². The molecule has 0 spiro atoms. The molecule has 0 aromatic rings. The van der Waals surface area contributed by atoms with Gasteiger partial charge in [-0.15, -0.1) is 0 Å². The van der Waals surface area contributed by atoms with Gasteiger partial charge in [-0.2, -0.15) is 0 Å². The first-order valence-corrected chi connectivity index (χ1v) is 5.12. The SMILES string of the molecule is CC[C@@]1(C)CCN(C(C)(C)C)C1. The Morgan fingerprint density at radius 1 is 1.33 bits per heavy atom. The molecule has 0 N–H and O–H groups in total. The lowest BCUT2D eigenvalue weighted by molar-refractivity contribution is 0.151. The molecule has 1 rings (SSSR count). The van der Waals surface area contributed by atoms with E-state index in [2.05, 4.69) is 39.5 Å². The molecular weight excluding hydrogens is 146 g/mol. The van der Waals surface area contributed by atoms with Gasteiger partial charge in [0.1, 0.15) is 0 Å². The number of rotatable bonds is 1. The molecule has 1 aliphatic rings. The monoisotopic (exact) mass is 169 g/mol. The molecule has 1 atom stereocenters. The van der Waals surface area contributed by atoms with Gasteiger partial charge in [-0.1, -0.05) is 13.8 Å². The van der Waals surface area contributed by atoms with Crippen molar-refractivity contribution in [3.05, 3.63) is 0 Å². The average Bonchev–Trinajstić information content (AvgIpc) is 2.32. The summed E-state index contributed by atoms with van der Waals surface area (Å²) in [6, 6.07) is 0. The maximum atomic E-state index is 2.61. The van der Waals surface area contributed by atoms with Gasteiger partial charge in [0, 0.05) is 12.1 Å². The molecule has 0 bridgehead atoms. The molecule has 0 amide bonds. The summed E-state index contributed by atoms with van der Waals surface area (Å²) >= 11 is 0. The number of hydrogen-bond acceptors (Lipinski definition) is 1. The van der Waals surface area contributed by atoms with Gasteiger partial charge in [0.25, 0.3) is 0 Å². The highest BCUT2D eigenvalue weighted by Gasteiger charge is 2.36. The van der Waals surface area contributed by atoms with Crippen molar-refractivity contribution in [1.29, 1.82) is 0 Å². The average molecular weight is 169 g/mol. The number of nitrogens with zero attached hydrogens (tertiary/aromatic N) is 1. The summed E-state index contributed by atoms with van der Waals surface area (Å²) in [6.07, 6.45) is 2.69. The molecule has 0 unspecified atom stereocenters. The normalized spacial score (nSPS) is 32.8. The Hall–Kier alpha value is -0.0400. The molecular formula is C11H23N. The lowest BCUT2D eigenvalue weighted by atomic mass is 9.87. The Kier molecular flexibility index (Phi) is 2.53. The zero-order valence-corrected chi connectivity index (χ0v) is 9.28. The molecule has 1 nitrogen and oxygen atoms in total. The summed E-state index contributed by atoms with van der Waals surface area (Å²) in [5.41, 5.74) is 0.959. The first-order chi connectivity index (χ1) is 5.37. The van der Waals surface area contributed by atoms with Crippen molar-refractivity contribution in [1.82, 2.24) is 4.90 Å². The van der Waals surface area contributed by atoms with E-state index in [9.17, 15) is 0 Å². The maximum Gasteiger partial charge on any atom is 0.0125 e. The first kappa shape index (κ1) is 10.0. The second-order valence-corrected chi connectivity index (χ2v) is 5.51. The van der Waals surface area contributed by atoms with Gasteiger partial charge < -0.3 is 0 Å². The van der Waals surface area contributed by atoms with Crippen LogP contribution in [0.15, 0.2) is 0 Å². The summed E-state index contributed by atoms with van der Waals surface area (Å²) in [5, 5.41) is 0. The highest BCUT2D eigenvalue weighted by atomic mass is 15.2. The van der Waals surface area contributed by atoms with Crippen molar-refractivity contribution in [2.24, 2.45) is 5.41 Å². The van der Waals surface area contributed by atoms with Gasteiger partial charge >= 0.3 is 0 Å². The van der Waals surface area contributed by atoms with Crippen LogP contribution in [0.25, 0.3) is 0 Å². The molecule has 0 radical (unpaired) electrons. The van der Waals surface area contributed by atoms with Crippen LogP contribution in [0.1, 0.15) is 47.5 Å². The van der Waals surface area contributed by atoms with E-state index in [-0.39, 0.29) is 0 Å². The van der Waals surface area contributed by atoms with Crippen LogP contribution in [0.4, 0.5) is 0 Å². The topological polar surface area (TPSA) is 3.24 Å². The van der Waals surface area contributed by atoms with Crippen LogP contribution in [0.5, 0.6) is 0 Å². The summed E-state index contributed by atoms with van der Waals surface area (Å²) in [6.45, 7) is 14.2. The minimum absolute atomic E-state index is 0.368. The van der Waals surface area contributed by atoms with E-state index in [0.717, 1.165) is 0 Å². The van der Waals surface area contributed by atoms with Crippen LogP contribution in [0, 0.1) is 5.41 Å². The molecule has 1 fully saturated rings. The van der Waals surface area contributed by atoms with Gasteiger partial charge in [0.05, 0.1) is 0 Å². The smallest absolute Gasteiger partial charge is 0.0125 e. The maximum absolute atomic E-state index is 2.61. The van der Waals surface area contributed by atoms with Crippen LogP contribution in [0.3, 0.4) is 0 Å². The molecule has 1 heterocycles. The van der Waals surface area contributed by atoms with Crippen LogP contribution in [-0.4, -0.2) is 23.5 Å². The Balaban J connectivity index is 2.57. The van der Waals surface area contributed by atoms with Crippen LogP contribution < -0.4 is 0 Å². The van der Waals surface area contributed by atoms with Gasteiger partial charge in [-0.3, -0.25) is 4.90 Å². The van der Waals surface area contributed by atoms with E-state index in [1.54, 1.807) is 0 Å². The lowest BCUT2D eigenvalue weighted by Gasteiger charge is -2.33. The van der Waals surface area contributed by atoms with Crippen LogP contribution >= 0.6 is 0 Å². The third-order valence-corrected chi connectivity index (χ3v) is 3.36. The summed E-state index contributed by atoms with van der Waals surface area (Å²) in [7, 11) is 0. The van der Waals surface area contributed by atoms with Crippen molar-refractivity contribution in [3.63, 3.8) is 0 Å². The largest absolute Gasteiger partial charge is 0.298 e.